The van der Waals surface area contributed by atoms with Crippen molar-refractivity contribution in [2.24, 2.45) is 0 Å². The molecule has 0 fully saturated rings. The van der Waals surface area contributed by atoms with Gasteiger partial charge in [-0.2, -0.15) is 5.26 Å². The fourth-order valence-electron chi connectivity index (χ4n) is 4.40. The Bertz CT molecular complexity index is 1210. The number of amides is 1. The summed E-state index contributed by atoms with van der Waals surface area (Å²) in [6, 6.07) is 29.5. The molecule has 0 radical (unpaired) electrons. The minimum absolute atomic E-state index is 0.0245. The standard InChI is InChI=1S/C29H28N4O2/c1-31-25-15-9-10-16-26(25)32(2)29(31)24(19-30)27(34)17-18-28(35)33(20-22-11-5-3-6-12-22)21-23-13-7-4-8-14-23/h3-16H,17-18,20-21H2,1-2H3. The molecule has 0 aromatic heterocycles. The van der Waals surface area contributed by atoms with Crippen LogP contribution in [0, 0.1) is 11.3 Å². The van der Waals surface area contributed by atoms with Crippen molar-refractivity contribution in [2.75, 3.05) is 23.9 Å². The van der Waals surface area contributed by atoms with Crippen LogP contribution in [0.25, 0.3) is 0 Å². The van der Waals surface area contributed by atoms with Crippen LogP contribution in [-0.4, -0.2) is 30.7 Å². The second-order valence-corrected chi connectivity index (χ2v) is 8.56. The highest BCUT2D eigenvalue weighted by atomic mass is 16.2. The van der Waals surface area contributed by atoms with Crippen molar-refractivity contribution in [1.29, 1.82) is 5.26 Å². The number of rotatable bonds is 8. The van der Waals surface area contributed by atoms with Crippen LogP contribution < -0.4 is 9.80 Å². The highest BCUT2D eigenvalue weighted by molar-refractivity contribution is 6.03. The summed E-state index contributed by atoms with van der Waals surface area (Å²) in [7, 11) is 3.68. The zero-order valence-corrected chi connectivity index (χ0v) is 20.0. The van der Waals surface area contributed by atoms with Crippen LogP contribution >= 0.6 is 0 Å². The van der Waals surface area contributed by atoms with Crippen LogP contribution in [-0.2, 0) is 22.7 Å². The summed E-state index contributed by atoms with van der Waals surface area (Å²) in [5.41, 5.74) is 3.97. The molecule has 1 aliphatic rings. The van der Waals surface area contributed by atoms with Gasteiger partial charge in [0.1, 0.15) is 17.5 Å². The number of nitriles is 1. The van der Waals surface area contributed by atoms with Gasteiger partial charge in [0, 0.05) is 40.0 Å². The van der Waals surface area contributed by atoms with Crippen molar-refractivity contribution in [3.8, 4) is 6.07 Å². The van der Waals surface area contributed by atoms with Crippen LogP contribution in [0.1, 0.15) is 24.0 Å². The van der Waals surface area contributed by atoms with Gasteiger partial charge in [-0.05, 0) is 23.3 Å². The van der Waals surface area contributed by atoms with E-state index in [1.165, 1.54) is 0 Å². The molecule has 6 heteroatoms. The molecule has 1 aliphatic heterocycles. The normalized spacial score (nSPS) is 12.2. The first-order valence-corrected chi connectivity index (χ1v) is 11.6. The fourth-order valence-corrected chi connectivity index (χ4v) is 4.40. The Kier molecular flexibility index (Phi) is 7.27. The van der Waals surface area contributed by atoms with Crippen molar-refractivity contribution in [3.05, 3.63) is 107 Å². The van der Waals surface area contributed by atoms with Gasteiger partial charge in [0.2, 0.25) is 5.91 Å². The van der Waals surface area contributed by atoms with Gasteiger partial charge >= 0.3 is 0 Å². The number of Topliss-reactive ketones (excluding diaryl/α,β-unsaturated/α-hetero) is 1. The topological polar surface area (TPSA) is 67.6 Å². The molecule has 3 aromatic carbocycles. The van der Waals surface area contributed by atoms with E-state index >= 15 is 0 Å². The smallest absolute Gasteiger partial charge is 0.223 e. The van der Waals surface area contributed by atoms with Gasteiger partial charge in [-0.1, -0.05) is 72.8 Å². The number of allylic oxidation sites excluding steroid dienone is 1. The molecule has 1 heterocycles. The molecule has 4 rings (SSSR count). The summed E-state index contributed by atoms with van der Waals surface area (Å²) >= 11 is 0. The summed E-state index contributed by atoms with van der Waals surface area (Å²) in [5.74, 6) is 0.0862. The molecule has 0 saturated carbocycles. The first-order chi connectivity index (χ1) is 17.0. The maximum atomic E-state index is 13.2. The molecule has 0 atom stereocenters. The Labute approximate surface area is 206 Å². The third kappa shape index (κ3) is 5.25. The lowest BCUT2D eigenvalue weighted by atomic mass is 10.1. The van der Waals surface area contributed by atoms with Crippen LogP contribution in [0.4, 0.5) is 11.4 Å². The van der Waals surface area contributed by atoms with E-state index in [0.29, 0.717) is 18.9 Å². The fraction of sp³-hybridized carbons (Fsp3) is 0.207. The number of nitrogens with zero attached hydrogens (tertiary/aromatic N) is 4. The van der Waals surface area contributed by atoms with Crippen molar-refractivity contribution in [3.63, 3.8) is 0 Å². The van der Waals surface area contributed by atoms with Gasteiger partial charge in [0.15, 0.2) is 5.78 Å². The largest absolute Gasteiger partial charge is 0.334 e. The molecule has 35 heavy (non-hydrogen) atoms. The zero-order valence-electron chi connectivity index (χ0n) is 20.0. The average molecular weight is 465 g/mol. The number of ketones is 1. The van der Waals surface area contributed by atoms with Gasteiger partial charge in [-0.15, -0.1) is 0 Å². The van der Waals surface area contributed by atoms with E-state index in [2.05, 4.69) is 6.07 Å². The second kappa shape index (κ2) is 10.7. The van der Waals surface area contributed by atoms with Crippen LogP contribution in [0.3, 0.4) is 0 Å². The minimum Gasteiger partial charge on any atom is -0.334 e. The van der Waals surface area contributed by atoms with Crippen molar-refractivity contribution < 1.29 is 9.59 Å². The average Bonchev–Trinajstić information content (AvgIpc) is 3.14. The maximum absolute atomic E-state index is 13.2. The monoisotopic (exact) mass is 464 g/mol. The molecule has 0 N–H and O–H groups in total. The third-order valence-electron chi connectivity index (χ3n) is 6.21. The summed E-state index contributed by atoms with van der Waals surface area (Å²) in [6.07, 6.45) is 0.0146. The van der Waals surface area contributed by atoms with Crippen LogP contribution in [0.15, 0.2) is 96.3 Å². The molecule has 0 spiro atoms. The predicted octanol–water partition coefficient (Wildman–Crippen LogP) is 4.89. The molecule has 3 aromatic rings. The third-order valence-corrected chi connectivity index (χ3v) is 6.21. The number of carbonyl (C=O) groups is 2. The van der Waals surface area contributed by atoms with E-state index in [1.807, 2.05) is 109 Å². The van der Waals surface area contributed by atoms with Gasteiger partial charge in [-0.3, -0.25) is 9.59 Å². The van der Waals surface area contributed by atoms with Gasteiger partial charge in [-0.25, -0.2) is 0 Å². The molecule has 0 bridgehead atoms. The zero-order chi connectivity index (χ0) is 24.8. The van der Waals surface area contributed by atoms with E-state index in [9.17, 15) is 14.9 Å². The van der Waals surface area contributed by atoms with Gasteiger partial charge < -0.3 is 14.7 Å². The molecule has 0 aliphatic carbocycles. The van der Waals surface area contributed by atoms with E-state index in [0.717, 1.165) is 22.5 Å². The first kappa shape index (κ1) is 23.8. The SMILES string of the molecule is CN1C(=C(C#N)C(=O)CCC(=O)N(Cc2ccccc2)Cc2ccccc2)N(C)c2ccccc21. The minimum atomic E-state index is -0.332. The highest BCUT2D eigenvalue weighted by Crippen LogP contribution is 2.40. The van der Waals surface area contributed by atoms with Gasteiger partial charge in [0.05, 0.1) is 11.4 Å². The molecular formula is C29H28N4O2. The van der Waals surface area contributed by atoms with Crippen molar-refractivity contribution >= 4 is 23.1 Å². The molecule has 6 nitrogen and oxygen atoms in total. The Balaban J connectivity index is 1.50. The Morgan fingerprint density at radius 3 is 1.66 bits per heavy atom. The van der Waals surface area contributed by atoms with Crippen molar-refractivity contribution in [1.82, 2.24) is 4.90 Å². The number of hydrogen-bond donors (Lipinski definition) is 0. The lowest BCUT2D eigenvalue weighted by molar-refractivity contribution is -0.133. The number of para-hydroxylation sites is 2. The summed E-state index contributed by atoms with van der Waals surface area (Å²) in [4.78, 5) is 31.9. The van der Waals surface area contributed by atoms with E-state index in [4.69, 9.17) is 0 Å². The number of hydrogen-bond acceptors (Lipinski definition) is 5. The summed E-state index contributed by atoms with van der Waals surface area (Å²) in [6.45, 7) is 0.908. The Morgan fingerprint density at radius 1 is 0.743 bits per heavy atom. The summed E-state index contributed by atoms with van der Waals surface area (Å²) < 4.78 is 0. The lowest BCUT2D eigenvalue weighted by Crippen LogP contribution is -2.31. The number of anilines is 2. The Morgan fingerprint density at radius 2 is 1.20 bits per heavy atom. The molecule has 176 valence electrons. The number of carbonyl (C=O) groups excluding carboxylic acids is 2. The molecule has 0 unspecified atom stereocenters. The van der Waals surface area contributed by atoms with E-state index in [1.54, 1.807) is 4.90 Å². The quantitative estimate of drug-likeness (QED) is 0.351. The first-order valence-electron chi connectivity index (χ1n) is 11.6. The molecular weight excluding hydrogens is 436 g/mol. The molecule has 1 amide bonds. The van der Waals surface area contributed by atoms with Crippen LogP contribution in [0.2, 0.25) is 0 Å². The lowest BCUT2D eigenvalue weighted by Gasteiger charge is -2.23. The highest BCUT2D eigenvalue weighted by Gasteiger charge is 2.31. The Hall–Kier alpha value is -4.37. The van der Waals surface area contributed by atoms with Crippen molar-refractivity contribution in [2.45, 2.75) is 25.9 Å². The van der Waals surface area contributed by atoms with Gasteiger partial charge in [0.25, 0.3) is 0 Å². The van der Waals surface area contributed by atoms with E-state index in [-0.39, 0.29) is 30.1 Å². The molecule has 0 saturated heterocycles. The number of benzene rings is 3. The maximum Gasteiger partial charge on any atom is 0.223 e. The van der Waals surface area contributed by atoms with Crippen LogP contribution in [0.5, 0.6) is 0 Å². The second-order valence-electron chi connectivity index (χ2n) is 8.56. The number of fused-ring (bicyclic) bond motifs is 1. The predicted molar refractivity (Wildman–Crippen MR) is 137 cm³/mol. The summed E-state index contributed by atoms with van der Waals surface area (Å²) in [5, 5.41) is 9.86. The van der Waals surface area contributed by atoms with E-state index < -0.39 is 0 Å².